The molecule has 0 amide bonds. The van der Waals surface area contributed by atoms with Crippen LogP contribution in [0.2, 0.25) is 0 Å². The van der Waals surface area contributed by atoms with Crippen LogP contribution in [0.15, 0.2) is 65.7 Å². The highest BCUT2D eigenvalue weighted by Crippen LogP contribution is 2.31. The average Bonchev–Trinajstić information content (AvgIpc) is 3.35. The third-order valence-electron chi connectivity index (χ3n) is 6.36. The SMILES string of the molecule is Cn1c(=O)n(-c2ccc3c(c2)CCC3=O)c2c3cc(-c4ccc(C#N)nc4)ccc3ncc21. The highest BCUT2D eigenvalue weighted by molar-refractivity contribution is 6.05. The van der Waals surface area contributed by atoms with E-state index in [1.807, 2.05) is 48.5 Å². The molecule has 3 heterocycles. The number of carbonyl (C=O) groups is 1. The molecule has 7 nitrogen and oxygen atoms in total. The van der Waals surface area contributed by atoms with Gasteiger partial charge in [0.2, 0.25) is 0 Å². The van der Waals surface area contributed by atoms with E-state index in [0.717, 1.165) is 49.9 Å². The van der Waals surface area contributed by atoms with Gasteiger partial charge in [-0.1, -0.05) is 6.07 Å². The number of benzene rings is 2. The third-order valence-corrected chi connectivity index (χ3v) is 6.36. The van der Waals surface area contributed by atoms with Gasteiger partial charge in [-0.2, -0.15) is 5.26 Å². The first-order valence-electron chi connectivity index (χ1n) is 10.6. The number of hydrogen-bond acceptors (Lipinski definition) is 5. The summed E-state index contributed by atoms with van der Waals surface area (Å²) in [6.07, 6.45) is 4.59. The quantitative estimate of drug-likeness (QED) is 0.422. The number of aromatic nitrogens is 4. The van der Waals surface area contributed by atoms with Gasteiger partial charge in [0.05, 0.1) is 28.4 Å². The van der Waals surface area contributed by atoms with Crippen molar-refractivity contribution in [2.75, 3.05) is 0 Å². The maximum absolute atomic E-state index is 13.3. The lowest BCUT2D eigenvalue weighted by Gasteiger charge is -2.09. The first-order valence-corrected chi connectivity index (χ1v) is 10.6. The van der Waals surface area contributed by atoms with Gasteiger partial charge in [-0.15, -0.1) is 0 Å². The second-order valence-corrected chi connectivity index (χ2v) is 8.21. The first kappa shape index (κ1) is 19.1. The normalized spacial score (nSPS) is 12.9. The molecule has 0 unspecified atom stereocenters. The Labute approximate surface area is 188 Å². The number of aryl methyl sites for hydroxylation is 2. The summed E-state index contributed by atoms with van der Waals surface area (Å²) in [6, 6.07) is 17.1. The van der Waals surface area contributed by atoms with Crippen molar-refractivity contribution in [2.45, 2.75) is 12.8 Å². The molecule has 0 saturated carbocycles. The van der Waals surface area contributed by atoms with E-state index in [1.54, 1.807) is 34.6 Å². The van der Waals surface area contributed by atoms with Crippen molar-refractivity contribution < 1.29 is 4.79 Å². The summed E-state index contributed by atoms with van der Waals surface area (Å²) in [4.78, 5) is 34.1. The van der Waals surface area contributed by atoms with E-state index in [1.165, 1.54) is 0 Å². The number of pyridine rings is 2. The van der Waals surface area contributed by atoms with Crippen molar-refractivity contribution in [1.29, 1.82) is 5.26 Å². The number of fused-ring (bicyclic) bond motifs is 4. The fraction of sp³-hybridized carbons (Fsp3) is 0.115. The molecule has 7 heteroatoms. The summed E-state index contributed by atoms with van der Waals surface area (Å²) in [5, 5.41) is 9.86. The summed E-state index contributed by atoms with van der Waals surface area (Å²) in [5.74, 6) is 0.150. The molecule has 0 N–H and O–H groups in total. The van der Waals surface area contributed by atoms with E-state index < -0.39 is 0 Å². The number of nitriles is 1. The molecule has 0 spiro atoms. The zero-order valence-electron chi connectivity index (χ0n) is 17.7. The van der Waals surface area contributed by atoms with Crippen molar-refractivity contribution >= 4 is 27.7 Å². The lowest BCUT2D eigenvalue weighted by molar-refractivity contribution is 0.0994. The molecular weight excluding hydrogens is 414 g/mol. The molecule has 0 atom stereocenters. The van der Waals surface area contributed by atoms with Gasteiger partial charge in [0.1, 0.15) is 11.8 Å². The molecule has 33 heavy (non-hydrogen) atoms. The Morgan fingerprint density at radius 3 is 2.58 bits per heavy atom. The molecule has 0 bridgehead atoms. The number of ketones is 1. The molecule has 0 aliphatic heterocycles. The lowest BCUT2D eigenvalue weighted by atomic mass is 10.0. The molecule has 2 aromatic carbocycles. The van der Waals surface area contributed by atoms with E-state index >= 15 is 0 Å². The van der Waals surface area contributed by atoms with Crippen molar-refractivity contribution in [3.05, 3.63) is 88.2 Å². The zero-order valence-corrected chi connectivity index (χ0v) is 17.7. The highest BCUT2D eigenvalue weighted by Gasteiger charge is 2.22. The van der Waals surface area contributed by atoms with Gasteiger partial charge in [0.25, 0.3) is 0 Å². The van der Waals surface area contributed by atoms with Crippen LogP contribution in [0.5, 0.6) is 0 Å². The van der Waals surface area contributed by atoms with Crippen LogP contribution in [-0.4, -0.2) is 24.9 Å². The number of hydrogen-bond donors (Lipinski definition) is 0. The fourth-order valence-corrected chi connectivity index (χ4v) is 4.63. The average molecular weight is 431 g/mol. The molecule has 0 radical (unpaired) electrons. The van der Waals surface area contributed by atoms with Crippen LogP contribution < -0.4 is 5.69 Å². The van der Waals surface area contributed by atoms with Gasteiger partial charge in [0, 0.05) is 36.2 Å². The maximum Gasteiger partial charge on any atom is 0.333 e. The van der Waals surface area contributed by atoms with Crippen LogP contribution in [0.1, 0.15) is 28.0 Å². The number of imidazole rings is 1. The van der Waals surface area contributed by atoms with E-state index in [0.29, 0.717) is 18.5 Å². The predicted octanol–water partition coefficient (Wildman–Crippen LogP) is 3.94. The van der Waals surface area contributed by atoms with Gasteiger partial charge in [-0.25, -0.2) is 9.78 Å². The highest BCUT2D eigenvalue weighted by atomic mass is 16.1. The van der Waals surface area contributed by atoms with E-state index in [-0.39, 0.29) is 11.5 Å². The zero-order chi connectivity index (χ0) is 22.7. The predicted molar refractivity (Wildman–Crippen MR) is 124 cm³/mol. The molecule has 5 aromatic rings. The summed E-state index contributed by atoms with van der Waals surface area (Å²) < 4.78 is 3.29. The smallest absolute Gasteiger partial charge is 0.294 e. The molecule has 1 aliphatic carbocycles. The fourth-order valence-electron chi connectivity index (χ4n) is 4.63. The van der Waals surface area contributed by atoms with Crippen molar-refractivity contribution in [2.24, 2.45) is 7.05 Å². The molecule has 0 fully saturated rings. The Bertz CT molecular complexity index is 1720. The van der Waals surface area contributed by atoms with Crippen LogP contribution in [0.25, 0.3) is 38.8 Å². The number of rotatable bonds is 2. The van der Waals surface area contributed by atoms with Crippen molar-refractivity contribution in [1.82, 2.24) is 19.1 Å². The molecule has 1 aliphatic rings. The van der Waals surface area contributed by atoms with Gasteiger partial charge in [-0.05, 0) is 60.0 Å². The largest absolute Gasteiger partial charge is 0.333 e. The molecule has 6 rings (SSSR count). The Morgan fingerprint density at radius 1 is 0.939 bits per heavy atom. The van der Waals surface area contributed by atoms with Gasteiger partial charge in [-0.3, -0.25) is 18.9 Å². The molecular formula is C26H17N5O2. The monoisotopic (exact) mass is 431 g/mol. The van der Waals surface area contributed by atoms with E-state index in [2.05, 4.69) is 9.97 Å². The number of nitrogens with zero attached hydrogens (tertiary/aromatic N) is 5. The molecule has 3 aromatic heterocycles. The maximum atomic E-state index is 13.3. The van der Waals surface area contributed by atoms with E-state index in [4.69, 9.17) is 5.26 Å². The molecule has 0 saturated heterocycles. The van der Waals surface area contributed by atoms with Crippen LogP contribution in [0.3, 0.4) is 0 Å². The first-order chi connectivity index (χ1) is 16.0. The third kappa shape index (κ3) is 2.81. The Balaban J connectivity index is 1.63. The lowest BCUT2D eigenvalue weighted by Crippen LogP contribution is -2.21. The van der Waals surface area contributed by atoms with Crippen LogP contribution in [-0.2, 0) is 13.5 Å². The summed E-state index contributed by atoms with van der Waals surface area (Å²) in [5.41, 5.74) is 6.67. The summed E-state index contributed by atoms with van der Waals surface area (Å²) in [7, 11) is 1.74. The summed E-state index contributed by atoms with van der Waals surface area (Å²) in [6.45, 7) is 0. The second-order valence-electron chi connectivity index (χ2n) is 8.21. The second kappa shape index (κ2) is 6.97. The summed E-state index contributed by atoms with van der Waals surface area (Å²) >= 11 is 0. The van der Waals surface area contributed by atoms with E-state index in [9.17, 15) is 9.59 Å². The van der Waals surface area contributed by atoms with Crippen LogP contribution in [0.4, 0.5) is 0 Å². The minimum absolute atomic E-state index is 0.150. The number of carbonyl (C=O) groups excluding carboxylic acids is 1. The Kier molecular flexibility index (Phi) is 4.04. The van der Waals surface area contributed by atoms with Gasteiger partial charge < -0.3 is 0 Å². The minimum atomic E-state index is -0.172. The Hall–Kier alpha value is -4.57. The minimum Gasteiger partial charge on any atom is -0.294 e. The Morgan fingerprint density at radius 2 is 1.79 bits per heavy atom. The van der Waals surface area contributed by atoms with Gasteiger partial charge in [0.15, 0.2) is 5.78 Å². The standard InChI is InChI=1S/C26H17N5O2/c1-30-23-14-29-22-8-3-15(17-2-5-18(12-27)28-13-17)11-21(22)25(23)31(26(30)33)19-6-7-20-16(10-19)4-9-24(20)32/h2-3,5-8,10-11,13-14H,4,9H2,1H3. The van der Waals surface area contributed by atoms with Crippen molar-refractivity contribution in [3.8, 4) is 22.9 Å². The van der Waals surface area contributed by atoms with Crippen molar-refractivity contribution in [3.63, 3.8) is 0 Å². The molecule has 158 valence electrons. The number of Topliss-reactive ketones (excluding diaryl/α,β-unsaturated/α-hetero) is 1. The topological polar surface area (TPSA) is 93.6 Å². The van der Waals surface area contributed by atoms with Crippen LogP contribution in [0, 0.1) is 11.3 Å². The van der Waals surface area contributed by atoms with Gasteiger partial charge >= 0.3 is 5.69 Å². The van der Waals surface area contributed by atoms with Crippen LogP contribution >= 0.6 is 0 Å².